The lowest BCUT2D eigenvalue weighted by Gasteiger charge is -2.35. The number of anilines is 3. The lowest BCUT2D eigenvalue weighted by molar-refractivity contribution is 0.195. The first-order valence-electron chi connectivity index (χ1n) is 9.52. The summed E-state index contributed by atoms with van der Waals surface area (Å²) in [6.45, 7) is 6.86. The molecule has 2 aromatic heterocycles. The smallest absolute Gasteiger partial charge is 0.209 e. The van der Waals surface area contributed by atoms with E-state index in [1.807, 2.05) is 17.1 Å². The summed E-state index contributed by atoms with van der Waals surface area (Å²) < 4.78 is 2.72. The zero-order chi connectivity index (χ0) is 19.3. The third kappa shape index (κ3) is 4.57. The maximum atomic E-state index is 5.53. The topological polar surface area (TPSA) is 49.2 Å². The Morgan fingerprint density at radius 1 is 1.04 bits per heavy atom. The molecule has 6 nitrogen and oxygen atoms in total. The second kappa shape index (κ2) is 8.81. The fraction of sp³-hybridized carbons (Fsp3) is 0.350. The summed E-state index contributed by atoms with van der Waals surface area (Å²) in [5.41, 5.74) is 3.61. The molecule has 1 aromatic carbocycles. The Kier molecular flexibility index (Phi) is 5.99. The number of piperazine rings is 1. The van der Waals surface area contributed by atoms with Crippen LogP contribution in [0.15, 0.2) is 48.8 Å². The molecule has 0 aliphatic carbocycles. The van der Waals surface area contributed by atoms with E-state index in [0.717, 1.165) is 54.0 Å². The van der Waals surface area contributed by atoms with Gasteiger partial charge in [0.1, 0.15) is 0 Å². The number of rotatable bonds is 6. The van der Waals surface area contributed by atoms with Crippen molar-refractivity contribution >= 4 is 40.1 Å². The minimum atomic E-state index is 0.732. The van der Waals surface area contributed by atoms with Gasteiger partial charge >= 0.3 is 0 Å². The van der Waals surface area contributed by atoms with E-state index >= 15 is 0 Å². The molecule has 0 spiro atoms. The molecular formula is C20H24N6S2. The average Bonchev–Trinajstić information content (AvgIpc) is 3.08. The van der Waals surface area contributed by atoms with Crippen LogP contribution in [0.2, 0.25) is 0 Å². The molecule has 1 aliphatic rings. The molecule has 0 unspecified atom stereocenters. The molecule has 0 bridgehead atoms. The lowest BCUT2D eigenvalue weighted by Crippen LogP contribution is -2.46. The van der Waals surface area contributed by atoms with Gasteiger partial charge in [0.25, 0.3) is 0 Å². The van der Waals surface area contributed by atoms with Crippen LogP contribution in [0.1, 0.15) is 12.5 Å². The maximum absolute atomic E-state index is 5.53. The van der Waals surface area contributed by atoms with Crippen LogP contribution in [0.3, 0.4) is 0 Å². The summed E-state index contributed by atoms with van der Waals surface area (Å²) in [6, 6.07) is 12.6. The Labute approximate surface area is 174 Å². The second-order valence-electron chi connectivity index (χ2n) is 6.80. The molecule has 1 N–H and O–H groups in total. The Morgan fingerprint density at radius 2 is 1.75 bits per heavy atom. The van der Waals surface area contributed by atoms with Gasteiger partial charge in [-0.05, 0) is 48.5 Å². The van der Waals surface area contributed by atoms with Crippen molar-refractivity contribution in [2.24, 2.45) is 0 Å². The van der Waals surface area contributed by atoms with Gasteiger partial charge in [0, 0.05) is 49.9 Å². The molecule has 1 fully saturated rings. The number of nitrogens with one attached hydrogen (secondary N) is 1. The Hall–Kier alpha value is -2.29. The standard InChI is InChI=1S/C20H24N6S2/c1-2-16-3-5-17(6-4-16)22-19-23-26(20(27)28-19)15-24-11-13-25(14-12-24)18-7-9-21-10-8-18/h3-10H,2,11-15H2,1H3,(H,22,23). The van der Waals surface area contributed by atoms with Crippen molar-refractivity contribution in [2.75, 3.05) is 36.4 Å². The number of nitrogens with zero attached hydrogens (tertiary/aromatic N) is 5. The first kappa shape index (κ1) is 19.0. The summed E-state index contributed by atoms with van der Waals surface area (Å²) in [5, 5.41) is 8.88. The van der Waals surface area contributed by atoms with Crippen LogP contribution >= 0.6 is 23.6 Å². The quantitative estimate of drug-likeness (QED) is 0.614. The van der Waals surface area contributed by atoms with E-state index in [2.05, 4.69) is 68.5 Å². The van der Waals surface area contributed by atoms with Crippen molar-refractivity contribution in [1.82, 2.24) is 19.7 Å². The third-order valence-electron chi connectivity index (χ3n) is 4.95. The highest BCUT2D eigenvalue weighted by Crippen LogP contribution is 2.21. The van der Waals surface area contributed by atoms with Crippen molar-refractivity contribution in [3.8, 4) is 0 Å². The second-order valence-corrected chi connectivity index (χ2v) is 8.42. The normalized spacial score (nSPS) is 15.0. The van der Waals surface area contributed by atoms with Crippen LogP contribution in [-0.4, -0.2) is 45.8 Å². The van der Waals surface area contributed by atoms with Gasteiger partial charge in [-0.2, -0.15) is 0 Å². The summed E-state index contributed by atoms with van der Waals surface area (Å²) in [5.74, 6) is 0. The number of aryl methyl sites for hydroxylation is 1. The largest absolute Gasteiger partial charge is 0.369 e. The number of benzene rings is 1. The van der Waals surface area contributed by atoms with E-state index in [1.165, 1.54) is 22.6 Å². The Bertz CT molecular complexity index is 943. The SMILES string of the molecule is CCc1ccc(Nc2nn(CN3CCN(c4ccncc4)CC3)c(=S)s2)cc1. The van der Waals surface area contributed by atoms with Crippen LogP contribution in [0.25, 0.3) is 0 Å². The highest BCUT2D eigenvalue weighted by molar-refractivity contribution is 7.73. The Balaban J connectivity index is 1.35. The molecule has 0 saturated carbocycles. The fourth-order valence-electron chi connectivity index (χ4n) is 3.29. The predicted octanol–water partition coefficient (Wildman–Crippen LogP) is 4.15. The van der Waals surface area contributed by atoms with E-state index in [0.29, 0.717) is 0 Å². The van der Waals surface area contributed by atoms with Gasteiger partial charge in [0.2, 0.25) is 5.13 Å². The van der Waals surface area contributed by atoms with Crippen molar-refractivity contribution in [2.45, 2.75) is 20.0 Å². The Morgan fingerprint density at radius 3 is 2.43 bits per heavy atom. The third-order valence-corrected chi connectivity index (χ3v) is 6.18. The molecule has 3 aromatic rings. The van der Waals surface area contributed by atoms with E-state index in [9.17, 15) is 0 Å². The number of pyridine rings is 1. The highest BCUT2D eigenvalue weighted by atomic mass is 32.1. The van der Waals surface area contributed by atoms with Gasteiger partial charge in [0.15, 0.2) is 3.95 Å². The predicted molar refractivity (Wildman–Crippen MR) is 118 cm³/mol. The molecule has 0 radical (unpaired) electrons. The van der Waals surface area contributed by atoms with Crippen molar-refractivity contribution in [3.05, 3.63) is 58.3 Å². The van der Waals surface area contributed by atoms with E-state index in [1.54, 1.807) is 0 Å². The number of hydrogen-bond acceptors (Lipinski definition) is 7. The van der Waals surface area contributed by atoms with Crippen LogP contribution in [-0.2, 0) is 13.1 Å². The van der Waals surface area contributed by atoms with Crippen LogP contribution < -0.4 is 10.2 Å². The van der Waals surface area contributed by atoms with Crippen molar-refractivity contribution in [3.63, 3.8) is 0 Å². The molecular weight excluding hydrogens is 388 g/mol. The molecule has 0 amide bonds. The molecule has 28 heavy (non-hydrogen) atoms. The van der Waals surface area contributed by atoms with Crippen LogP contribution in [0.5, 0.6) is 0 Å². The monoisotopic (exact) mass is 412 g/mol. The zero-order valence-corrected chi connectivity index (χ0v) is 17.5. The van der Waals surface area contributed by atoms with Crippen LogP contribution in [0.4, 0.5) is 16.5 Å². The molecule has 0 atom stereocenters. The first-order valence-corrected chi connectivity index (χ1v) is 10.7. The summed E-state index contributed by atoms with van der Waals surface area (Å²) in [4.78, 5) is 8.89. The number of aromatic nitrogens is 3. The van der Waals surface area contributed by atoms with Crippen molar-refractivity contribution in [1.29, 1.82) is 0 Å². The zero-order valence-electron chi connectivity index (χ0n) is 15.9. The van der Waals surface area contributed by atoms with Gasteiger partial charge in [-0.1, -0.05) is 30.4 Å². The number of hydrogen-bond donors (Lipinski definition) is 1. The summed E-state index contributed by atoms with van der Waals surface area (Å²) in [6.07, 6.45) is 4.74. The minimum absolute atomic E-state index is 0.732. The highest BCUT2D eigenvalue weighted by Gasteiger charge is 2.18. The van der Waals surface area contributed by atoms with Gasteiger partial charge in [-0.25, -0.2) is 4.68 Å². The average molecular weight is 413 g/mol. The molecule has 146 valence electrons. The fourth-order valence-corrected chi connectivity index (χ4v) is 4.30. The van der Waals surface area contributed by atoms with E-state index < -0.39 is 0 Å². The summed E-state index contributed by atoms with van der Waals surface area (Å²) in [7, 11) is 0. The van der Waals surface area contributed by atoms with E-state index in [-0.39, 0.29) is 0 Å². The van der Waals surface area contributed by atoms with E-state index in [4.69, 9.17) is 12.2 Å². The van der Waals surface area contributed by atoms with Gasteiger partial charge in [-0.3, -0.25) is 9.88 Å². The van der Waals surface area contributed by atoms with Crippen molar-refractivity contribution < 1.29 is 0 Å². The molecule has 4 rings (SSSR count). The van der Waals surface area contributed by atoms with Gasteiger partial charge < -0.3 is 10.2 Å². The first-order chi connectivity index (χ1) is 13.7. The molecule has 8 heteroatoms. The summed E-state index contributed by atoms with van der Waals surface area (Å²) >= 11 is 7.05. The maximum Gasteiger partial charge on any atom is 0.209 e. The lowest BCUT2D eigenvalue weighted by atomic mass is 10.1. The molecule has 3 heterocycles. The molecule has 1 saturated heterocycles. The minimum Gasteiger partial charge on any atom is -0.369 e. The van der Waals surface area contributed by atoms with Gasteiger partial charge in [0.05, 0.1) is 6.67 Å². The molecule has 1 aliphatic heterocycles. The van der Waals surface area contributed by atoms with Crippen LogP contribution in [0, 0.1) is 3.95 Å². The van der Waals surface area contributed by atoms with Gasteiger partial charge in [-0.15, -0.1) is 5.10 Å².